The molecule has 152 valence electrons. The fourth-order valence-corrected chi connectivity index (χ4v) is 4.29. The average molecular weight is 418 g/mol. The molecule has 1 amide bonds. The quantitative estimate of drug-likeness (QED) is 0.667. The minimum absolute atomic E-state index is 0.0873. The van der Waals surface area contributed by atoms with Gasteiger partial charge in [0, 0.05) is 19.0 Å². The summed E-state index contributed by atoms with van der Waals surface area (Å²) in [6.45, 7) is 0.673. The molecule has 4 rings (SSSR count). The first-order chi connectivity index (χ1) is 14.0. The number of anilines is 1. The molecule has 0 saturated carbocycles. The van der Waals surface area contributed by atoms with Crippen molar-refractivity contribution in [1.29, 1.82) is 0 Å². The van der Waals surface area contributed by atoms with Crippen molar-refractivity contribution < 1.29 is 18.3 Å². The van der Waals surface area contributed by atoms with E-state index in [2.05, 4.69) is 15.4 Å². The smallest absolute Gasteiger partial charge is 0.275 e. The summed E-state index contributed by atoms with van der Waals surface area (Å²) in [6, 6.07) is 3.61. The SMILES string of the molecule is Cn1ncc(NC(=O)c2csc(-c3c(F)cccc3F)n2)c1[C@H]1CCCCCO1. The number of nitrogens with zero attached hydrogens (tertiary/aromatic N) is 3. The number of thiazole rings is 1. The maximum atomic E-state index is 14.0. The number of rotatable bonds is 4. The first kappa shape index (κ1) is 19.7. The summed E-state index contributed by atoms with van der Waals surface area (Å²) < 4.78 is 35.6. The fourth-order valence-electron chi connectivity index (χ4n) is 3.44. The zero-order chi connectivity index (χ0) is 20.4. The Morgan fingerprint density at radius 3 is 2.86 bits per heavy atom. The molecule has 1 N–H and O–H groups in total. The molecule has 1 saturated heterocycles. The molecule has 29 heavy (non-hydrogen) atoms. The maximum absolute atomic E-state index is 14.0. The van der Waals surface area contributed by atoms with Crippen LogP contribution in [0.5, 0.6) is 0 Å². The molecule has 0 bridgehead atoms. The summed E-state index contributed by atoms with van der Waals surface area (Å²) in [5.41, 5.74) is 1.21. The Bertz CT molecular complexity index is 1010. The highest BCUT2D eigenvalue weighted by molar-refractivity contribution is 7.13. The predicted octanol–water partition coefficient (Wildman–Crippen LogP) is 4.71. The molecule has 2 aromatic heterocycles. The molecule has 9 heteroatoms. The zero-order valence-corrected chi connectivity index (χ0v) is 16.6. The highest BCUT2D eigenvalue weighted by atomic mass is 32.1. The minimum atomic E-state index is -0.716. The first-order valence-electron chi connectivity index (χ1n) is 9.39. The van der Waals surface area contributed by atoms with Crippen molar-refractivity contribution in [2.24, 2.45) is 7.05 Å². The second-order valence-electron chi connectivity index (χ2n) is 6.86. The van der Waals surface area contributed by atoms with Gasteiger partial charge in [0.2, 0.25) is 0 Å². The molecule has 1 fully saturated rings. The van der Waals surface area contributed by atoms with Crippen LogP contribution < -0.4 is 5.32 Å². The van der Waals surface area contributed by atoms with Gasteiger partial charge in [-0.05, 0) is 25.0 Å². The predicted molar refractivity (Wildman–Crippen MR) is 106 cm³/mol. The second kappa shape index (κ2) is 8.38. The van der Waals surface area contributed by atoms with Gasteiger partial charge in [0.05, 0.1) is 23.1 Å². The third-order valence-corrected chi connectivity index (χ3v) is 5.74. The van der Waals surface area contributed by atoms with Gasteiger partial charge in [-0.3, -0.25) is 9.48 Å². The van der Waals surface area contributed by atoms with Gasteiger partial charge in [0.15, 0.2) is 0 Å². The van der Waals surface area contributed by atoms with Crippen molar-refractivity contribution in [1.82, 2.24) is 14.8 Å². The number of carbonyl (C=O) groups is 1. The Kier molecular flexibility index (Phi) is 5.68. The molecule has 6 nitrogen and oxygen atoms in total. The lowest BCUT2D eigenvalue weighted by molar-refractivity contribution is 0.0531. The minimum Gasteiger partial charge on any atom is -0.372 e. The summed E-state index contributed by atoms with van der Waals surface area (Å²) in [5.74, 6) is -1.90. The summed E-state index contributed by atoms with van der Waals surface area (Å²) in [6.07, 6.45) is 5.47. The highest BCUT2D eigenvalue weighted by Crippen LogP contribution is 2.33. The van der Waals surface area contributed by atoms with Crippen LogP contribution in [-0.2, 0) is 11.8 Å². The first-order valence-corrected chi connectivity index (χ1v) is 10.3. The van der Waals surface area contributed by atoms with Gasteiger partial charge in [-0.15, -0.1) is 11.3 Å². The van der Waals surface area contributed by atoms with Gasteiger partial charge in [0.1, 0.15) is 28.4 Å². The van der Waals surface area contributed by atoms with Crippen LogP contribution in [0.2, 0.25) is 0 Å². The molecule has 0 unspecified atom stereocenters. The van der Waals surface area contributed by atoms with Crippen molar-refractivity contribution in [3.63, 3.8) is 0 Å². The van der Waals surface area contributed by atoms with Crippen molar-refractivity contribution >= 4 is 22.9 Å². The number of carbonyl (C=O) groups excluding carboxylic acids is 1. The molecule has 1 atom stereocenters. The van der Waals surface area contributed by atoms with Gasteiger partial charge < -0.3 is 10.1 Å². The molecule has 0 radical (unpaired) electrons. The number of nitrogens with one attached hydrogen (secondary N) is 1. The van der Waals surface area contributed by atoms with E-state index < -0.39 is 17.5 Å². The molecule has 0 aliphatic carbocycles. The van der Waals surface area contributed by atoms with E-state index in [0.717, 1.165) is 54.8 Å². The molecule has 1 aliphatic rings. The Balaban J connectivity index is 1.56. The van der Waals surface area contributed by atoms with Crippen LogP contribution in [0.3, 0.4) is 0 Å². The van der Waals surface area contributed by atoms with E-state index in [1.54, 1.807) is 17.9 Å². The standard InChI is InChI=1S/C20H20F2N4O2S/c1-26-18(16-8-3-2-4-9-28-16)14(10-23-26)24-19(27)15-11-29-20(25-15)17-12(21)6-5-7-13(17)22/h5-7,10-11,16H,2-4,8-9H2,1H3,(H,24,27)/t16-/m1/s1. The molecule has 0 spiro atoms. The number of halogens is 2. The third-order valence-electron chi connectivity index (χ3n) is 4.88. The molecule has 3 aromatic rings. The molecule has 1 aromatic carbocycles. The lowest BCUT2D eigenvalue weighted by Crippen LogP contribution is -2.16. The topological polar surface area (TPSA) is 69.0 Å². The van der Waals surface area contributed by atoms with Crippen LogP contribution in [0.15, 0.2) is 29.8 Å². The summed E-state index contributed by atoms with van der Waals surface area (Å²) >= 11 is 1.01. The Morgan fingerprint density at radius 2 is 2.07 bits per heavy atom. The van der Waals surface area contributed by atoms with Crippen molar-refractivity contribution in [3.05, 3.63) is 52.8 Å². The molecule has 3 heterocycles. The number of hydrogen-bond donors (Lipinski definition) is 1. The van der Waals surface area contributed by atoms with Crippen LogP contribution in [0.4, 0.5) is 14.5 Å². The van der Waals surface area contributed by atoms with Gasteiger partial charge >= 0.3 is 0 Å². The van der Waals surface area contributed by atoms with Gasteiger partial charge in [-0.25, -0.2) is 13.8 Å². The van der Waals surface area contributed by atoms with E-state index in [-0.39, 0.29) is 22.4 Å². The Hall–Kier alpha value is -2.65. The van der Waals surface area contributed by atoms with E-state index >= 15 is 0 Å². The van der Waals surface area contributed by atoms with Crippen LogP contribution >= 0.6 is 11.3 Å². The van der Waals surface area contributed by atoms with Gasteiger partial charge in [0.25, 0.3) is 5.91 Å². The van der Waals surface area contributed by atoms with E-state index in [1.807, 2.05) is 0 Å². The fraction of sp³-hybridized carbons (Fsp3) is 0.350. The highest BCUT2D eigenvalue weighted by Gasteiger charge is 2.24. The van der Waals surface area contributed by atoms with Crippen LogP contribution in [0.1, 0.15) is 48.0 Å². The van der Waals surface area contributed by atoms with Crippen LogP contribution in [0, 0.1) is 11.6 Å². The number of benzene rings is 1. The number of aromatic nitrogens is 3. The number of amides is 1. The van der Waals surface area contributed by atoms with Crippen molar-refractivity contribution in [2.45, 2.75) is 31.8 Å². The number of hydrogen-bond acceptors (Lipinski definition) is 5. The average Bonchev–Trinajstić information content (AvgIpc) is 3.21. The van der Waals surface area contributed by atoms with Crippen LogP contribution in [0.25, 0.3) is 10.6 Å². The zero-order valence-electron chi connectivity index (χ0n) is 15.8. The summed E-state index contributed by atoms with van der Waals surface area (Å²) in [5, 5.41) is 8.66. The van der Waals surface area contributed by atoms with E-state index in [9.17, 15) is 13.6 Å². The van der Waals surface area contributed by atoms with Gasteiger partial charge in [-0.2, -0.15) is 5.10 Å². The Morgan fingerprint density at radius 1 is 1.28 bits per heavy atom. The van der Waals surface area contributed by atoms with Crippen LogP contribution in [-0.4, -0.2) is 27.3 Å². The monoisotopic (exact) mass is 418 g/mol. The van der Waals surface area contributed by atoms with E-state index in [1.165, 1.54) is 11.4 Å². The number of aryl methyl sites for hydroxylation is 1. The second-order valence-corrected chi connectivity index (χ2v) is 7.72. The maximum Gasteiger partial charge on any atom is 0.275 e. The van der Waals surface area contributed by atoms with Gasteiger partial charge in [-0.1, -0.05) is 18.9 Å². The Labute approximate surface area is 170 Å². The van der Waals surface area contributed by atoms with E-state index in [0.29, 0.717) is 12.3 Å². The molecular formula is C20H20F2N4O2S. The van der Waals surface area contributed by atoms with E-state index in [4.69, 9.17) is 4.74 Å². The summed E-state index contributed by atoms with van der Waals surface area (Å²) in [4.78, 5) is 16.8. The van der Waals surface area contributed by atoms with Crippen molar-refractivity contribution in [3.8, 4) is 10.6 Å². The third kappa shape index (κ3) is 4.06. The lowest BCUT2D eigenvalue weighted by atomic mass is 10.1. The van der Waals surface area contributed by atoms with Crippen molar-refractivity contribution in [2.75, 3.05) is 11.9 Å². The number of ether oxygens (including phenoxy) is 1. The normalized spacial score (nSPS) is 17.1. The lowest BCUT2D eigenvalue weighted by Gasteiger charge is -2.17. The molecular weight excluding hydrogens is 398 g/mol. The molecule has 1 aliphatic heterocycles. The summed E-state index contributed by atoms with van der Waals surface area (Å²) in [7, 11) is 1.81. The largest absolute Gasteiger partial charge is 0.372 e.